The quantitative estimate of drug-likeness (QED) is 0.612. The van der Waals surface area contributed by atoms with Crippen LogP contribution in [-0.2, 0) is 21.0 Å². The molecule has 0 N–H and O–H groups in total. The SMILES string of the molecule is COC(=O)c1cc(Br)ccc1S(=O)(=O)CCc1ccc(OC)cc1OC. The van der Waals surface area contributed by atoms with E-state index in [1.54, 1.807) is 31.4 Å². The minimum atomic E-state index is -3.71. The van der Waals surface area contributed by atoms with Crippen LogP contribution < -0.4 is 9.47 Å². The Morgan fingerprint density at radius 3 is 2.38 bits per heavy atom. The number of sulfone groups is 1. The zero-order chi connectivity index (χ0) is 19.3. The van der Waals surface area contributed by atoms with Crippen LogP contribution in [-0.4, -0.2) is 41.5 Å². The molecule has 0 atom stereocenters. The van der Waals surface area contributed by atoms with Gasteiger partial charge in [0.05, 0.1) is 37.5 Å². The van der Waals surface area contributed by atoms with E-state index in [1.807, 2.05) is 0 Å². The fourth-order valence-electron chi connectivity index (χ4n) is 2.46. The first kappa shape index (κ1) is 20.3. The lowest BCUT2D eigenvalue weighted by atomic mass is 10.1. The summed E-state index contributed by atoms with van der Waals surface area (Å²) < 4.78 is 41.3. The van der Waals surface area contributed by atoms with Crippen molar-refractivity contribution in [1.29, 1.82) is 0 Å². The first-order valence-electron chi connectivity index (χ1n) is 7.64. The maximum Gasteiger partial charge on any atom is 0.339 e. The number of halogens is 1. The van der Waals surface area contributed by atoms with E-state index >= 15 is 0 Å². The van der Waals surface area contributed by atoms with Crippen molar-refractivity contribution in [2.24, 2.45) is 0 Å². The first-order chi connectivity index (χ1) is 12.3. The zero-order valence-corrected chi connectivity index (χ0v) is 17.0. The van der Waals surface area contributed by atoms with Crippen LogP contribution in [0, 0.1) is 0 Å². The van der Waals surface area contributed by atoms with Crippen LogP contribution >= 0.6 is 15.9 Å². The van der Waals surface area contributed by atoms with Gasteiger partial charge in [0.25, 0.3) is 0 Å². The third kappa shape index (κ3) is 4.56. The number of hydrogen-bond donors (Lipinski definition) is 0. The van der Waals surface area contributed by atoms with Gasteiger partial charge in [-0.05, 0) is 36.2 Å². The van der Waals surface area contributed by atoms with Gasteiger partial charge in [0, 0.05) is 10.5 Å². The van der Waals surface area contributed by atoms with Crippen LogP contribution in [0.3, 0.4) is 0 Å². The van der Waals surface area contributed by atoms with Gasteiger partial charge in [-0.2, -0.15) is 0 Å². The molecule has 0 aliphatic heterocycles. The van der Waals surface area contributed by atoms with Crippen molar-refractivity contribution in [2.75, 3.05) is 27.1 Å². The third-order valence-electron chi connectivity index (χ3n) is 3.82. The van der Waals surface area contributed by atoms with Crippen LogP contribution in [0.15, 0.2) is 45.8 Å². The lowest BCUT2D eigenvalue weighted by Crippen LogP contribution is -2.15. The monoisotopic (exact) mass is 442 g/mol. The van der Waals surface area contributed by atoms with Crippen molar-refractivity contribution >= 4 is 31.7 Å². The molecule has 0 spiro atoms. The van der Waals surface area contributed by atoms with Crippen molar-refractivity contribution < 1.29 is 27.4 Å². The molecule has 6 nitrogen and oxygen atoms in total. The molecule has 0 fully saturated rings. The molecule has 8 heteroatoms. The molecular weight excluding hydrogens is 424 g/mol. The molecule has 2 aromatic rings. The molecule has 0 amide bonds. The molecule has 0 unspecified atom stereocenters. The van der Waals surface area contributed by atoms with Gasteiger partial charge in [-0.1, -0.05) is 22.0 Å². The summed E-state index contributed by atoms with van der Waals surface area (Å²) in [6.07, 6.45) is 0.228. The summed E-state index contributed by atoms with van der Waals surface area (Å²) >= 11 is 3.24. The second kappa shape index (κ2) is 8.55. The van der Waals surface area contributed by atoms with Gasteiger partial charge in [-0.15, -0.1) is 0 Å². The number of aryl methyl sites for hydroxylation is 1. The Bertz CT molecular complexity index is 908. The summed E-state index contributed by atoms with van der Waals surface area (Å²) in [6.45, 7) is 0. The predicted molar refractivity (Wildman–Crippen MR) is 101 cm³/mol. The van der Waals surface area contributed by atoms with E-state index in [0.29, 0.717) is 16.0 Å². The predicted octanol–water partition coefficient (Wildman–Crippen LogP) is 3.27. The molecule has 0 aliphatic carbocycles. The Morgan fingerprint density at radius 2 is 1.77 bits per heavy atom. The Hall–Kier alpha value is -2.06. The Balaban J connectivity index is 2.32. The van der Waals surface area contributed by atoms with E-state index in [-0.39, 0.29) is 22.6 Å². The Labute approximate surface area is 161 Å². The molecule has 0 aliphatic rings. The summed E-state index contributed by atoms with van der Waals surface area (Å²) in [5.41, 5.74) is 0.733. The van der Waals surface area contributed by atoms with Gasteiger partial charge in [-0.3, -0.25) is 0 Å². The molecule has 0 bridgehead atoms. The van der Waals surface area contributed by atoms with Crippen LogP contribution in [0.4, 0.5) is 0 Å². The minimum Gasteiger partial charge on any atom is -0.497 e. The number of ether oxygens (including phenoxy) is 3. The van der Waals surface area contributed by atoms with E-state index < -0.39 is 15.8 Å². The zero-order valence-electron chi connectivity index (χ0n) is 14.6. The van der Waals surface area contributed by atoms with E-state index in [1.165, 1.54) is 26.4 Å². The summed E-state index contributed by atoms with van der Waals surface area (Å²) in [7, 11) is 0.553. The van der Waals surface area contributed by atoms with E-state index in [4.69, 9.17) is 14.2 Å². The Morgan fingerprint density at radius 1 is 1.04 bits per heavy atom. The van der Waals surface area contributed by atoms with Crippen LogP contribution in [0.5, 0.6) is 11.5 Å². The number of hydrogen-bond acceptors (Lipinski definition) is 6. The Kier molecular flexibility index (Phi) is 6.66. The summed E-state index contributed by atoms with van der Waals surface area (Å²) in [5, 5.41) is 0. The maximum atomic E-state index is 12.8. The lowest BCUT2D eigenvalue weighted by Gasteiger charge is -2.12. The van der Waals surface area contributed by atoms with Gasteiger partial charge in [0.1, 0.15) is 11.5 Å². The fraction of sp³-hybridized carbons (Fsp3) is 0.278. The van der Waals surface area contributed by atoms with Gasteiger partial charge in [0.15, 0.2) is 9.84 Å². The van der Waals surface area contributed by atoms with Crippen molar-refractivity contribution in [3.8, 4) is 11.5 Å². The number of carbonyl (C=O) groups excluding carboxylic acids is 1. The summed E-state index contributed by atoms with van der Waals surface area (Å²) in [5.74, 6) is 0.284. The number of carbonyl (C=O) groups is 1. The molecule has 2 rings (SSSR count). The lowest BCUT2D eigenvalue weighted by molar-refractivity contribution is 0.0596. The van der Waals surface area contributed by atoms with Gasteiger partial charge >= 0.3 is 5.97 Å². The molecule has 2 aromatic carbocycles. The van der Waals surface area contributed by atoms with Gasteiger partial charge < -0.3 is 14.2 Å². The normalized spacial score (nSPS) is 11.1. The molecule has 140 valence electrons. The average Bonchev–Trinajstić information content (AvgIpc) is 2.65. The number of rotatable bonds is 7. The molecule has 26 heavy (non-hydrogen) atoms. The second-order valence-corrected chi connectivity index (χ2v) is 8.37. The molecule has 0 aromatic heterocycles. The second-order valence-electron chi connectivity index (χ2n) is 5.38. The van der Waals surface area contributed by atoms with Crippen LogP contribution in [0.1, 0.15) is 15.9 Å². The molecule has 0 radical (unpaired) electrons. The van der Waals surface area contributed by atoms with Crippen molar-refractivity contribution in [3.63, 3.8) is 0 Å². The first-order valence-corrected chi connectivity index (χ1v) is 10.1. The van der Waals surface area contributed by atoms with E-state index in [0.717, 1.165) is 5.56 Å². The smallest absolute Gasteiger partial charge is 0.339 e. The number of methoxy groups -OCH3 is 3. The highest BCUT2D eigenvalue weighted by Crippen LogP contribution is 2.27. The van der Waals surface area contributed by atoms with Crippen molar-refractivity contribution in [3.05, 3.63) is 52.0 Å². The van der Waals surface area contributed by atoms with E-state index in [2.05, 4.69) is 15.9 Å². The maximum absolute atomic E-state index is 12.8. The average molecular weight is 443 g/mol. The third-order valence-corrected chi connectivity index (χ3v) is 6.08. The van der Waals surface area contributed by atoms with Crippen molar-refractivity contribution in [1.82, 2.24) is 0 Å². The molecule has 0 saturated heterocycles. The largest absolute Gasteiger partial charge is 0.497 e. The highest BCUT2D eigenvalue weighted by Gasteiger charge is 2.24. The van der Waals surface area contributed by atoms with Crippen molar-refractivity contribution in [2.45, 2.75) is 11.3 Å². The number of benzene rings is 2. The van der Waals surface area contributed by atoms with Crippen LogP contribution in [0.2, 0.25) is 0 Å². The fourth-order valence-corrected chi connectivity index (χ4v) is 4.28. The number of esters is 1. The highest BCUT2D eigenvalue weighted by atomic mass is 79.9. The van der Waals surface area contributed by atoms with Gasteiger partial charge in [-0.25, -0.2) is 13.2 Å². The summed E-state index contributed by atoms with van der Waals surface area (Å²) in [4.78, 5) is 11.9. The highest BCUT2D eigenvalue weighted by molar-refractivity contribution is 9.10. The van der Waals surface area contributed by atoms with Crippen LogP contribution in [0.25, 0.3) is 0 Å². The summed E-state index contributed by atoms with van der Waals surface area (Å²) in [6, 6.07) is 9.61. The van der Waals surface area contributed by atoms with E-state index in [9.17, 15) is 13.2 Å². The standard InChI is InChI=1S/C18H19BrO6S/c1-23-14-6-4-12(16(11-14)24-2)8-9-26(21,22)17-7-5-13(19)10-15(17)18(20)25-3/h4-7,10-11H,8-9H2,1-3H3. The minimum absolute atomic E-state index is 0.00331. The topological polar surface area (TPSA) is 78.9 Å². The van der Waals surface area contributed by atoms with Gasteiger partial charge in [0.2, 0.25) is 0 Å². The molecule has 0 heterocycles. The molecule has 0 saturated carbocycles. The molecular formula is C18H19BrO6S.